The van der Waals surface area contributed by atoms with Gasteiger partial charge in [0, 0.05) is 30.4 Å². The second kappa shape index (κ2) is 7.60. The normalized spacial score (nSPS) is 21.4. The minimum atomic E-state index is -2.87. The highest BCUT2D eigenvalue weighted by Gasteiger charge is 2.28. The van der Waals surface area contributed by atoms with Crippen molar-refractivity contribution in [2.75, 3.05) is 24.6 Å². The van der Waals surface area contributed by atoms with Crippen molar-refractivity contribution >= 4 is 43.1 Å². The highest BCUT2D eigenvalue weighted by molar-refractivity contribution is 9.11. The smallest absolute Gasteiger partial charge is 0.191 e. The van der Waals surface area contributed by atoms with Crippen molar-refractivity contribution in [2.45, 2.75) is 25.8 Å². The molecule has 1 aromatic rings. The van der Waals surface area contributed by atoms with E-state index in [0.29, 0.717) is 18.9 Å². The molecule has 118 valence electrons. The van der Waals surface area contributed by atoms with Crippen LogP contribution in [0.3, 0.4) is 0 Å². The molecular formula is C13H20BrN3O2S2. The molecule has 1 aliphatic rings. The first-order chi connectivity index (χ1) is 9.98. The fourth-order valence-electron chi connectivity index (χ4n) is 2.19. The Bertz CT molecular complexity index is 598. The minimum absolute atomic E-state index is 0.0244. The van der Waals surface area contributed by atoms with Crippen LogP contribution in [0.5, 0.6) is 0 Å². The molecule has 21 heavy (non-hydrogen) atoms. The van der Waals surface area contributed by atoms with Crippen molar-refractivity contribution in [2.24, 2.45) is 4.99 Å². The summed E-state index contributed by atoms with van der Waals surface area (Å²) in [5.74, 6) is 1.18. The molecule has 0 aromatic carbocycles. The van der Waals surface area contributed by atoms with Gasteiger partial charge in [0.05, 0.1) is 15.3 Å². The number of sulfone groups is 1. The number of guanidine groups is 1. The summed E-state index contributed by atoms with van der Waals surface area (Å²) in [7, 11) is -2.87. The maximum Gasteiger partial charge on any atom is 0.191 e. The first-order valence-electron chi connectivity index (χ1n) is 6.98. The van der Waals surface area contributed by atoms with Crippen molar-refractivity contribution in [1.29, 1.82) is 0 Å². The molecule has 5 nitrogen and oxygen atoms in total. The Balaban J connectivity index is 1.87. The Kier molecular flexibility index (Phi) is 6.07. The van der Waals surface area contributed by atoms with Gasteiger partial charge in [0.15, 0.2) is 15.8 Å². The average Bonchev–Trinajstić information content (AvgIpc) is 2.96. The largest absolute Gasteiger partial charge is 0.357 e. The lowest BCUT2D eigenvalue weighted by molar-refractivity contribution is 0.599. The van der Waals surface area contributed by atoms with Gasteiger partial charge in [0.25, 0.3) is 0 Å². The molecular weight excluding hydrogens is 374 g/mol. The van der Waals surface area contributed by atoms with Crippen LogP contribution in [0.4, 0.5) is 0 Å². The van der Waals surface area contributed by atoms with Crippen molar-refractivity contribution < 1.29 is 8.42 Å². The summed E-state index contributed by atoms with van der Waals surface area (Å²) in [4.78, 5) is 5.80. The topological polar surface area (TPSA) is 70.6 Å². The van der Waals surface area contributed by atoms with E-state index in [9.17, 15) is 8.42 Å². The quantitative estimate of drug-likeness (QED) is 0.590. The predicted molar refractivity (Wildman–Crippen MR) is 91.9 cm³/mol. The Morgan fingerprint density at radius 2 is 2.33 bits per heavy atom. The molecule has 0 spiro atoms. The van der Waals surface area contributed by atoms with E-state index < -0.39 is 9.84 Å². The van der Waals surface area contributed by atoms with Gasteiger partial charge < -0.3 is 10.6 Å². The van der Waals surface area contributed by atoms with Crippen molar-refractivity contribution in [3.63, 3.8) is 0 Å². The van der Waals surface area contributed by atoms with Crippen LogP contribution in [0.2, 0.25) is 0 Å². The Labute approximate surface area is 138 Å². The lowest BCUT2D eigenvalue weighted by Gasteiger charge is -2.15. The van der Waals surface area contributed by atoms with Crippen molar-refractivity contribution in [1.82, 2.24) is 10.6 Å². The van der Waals surface area contributed by atoms with Gasteiger partial charge in [-0.05, 0) is 41.4 Å². The molecule has 2 N–H and O–H groups in total. The molecule has 0 saturated carbocycles. The SMILES string of the molecule is CCNC(=NCCc1ccc(Br)s1)NC1CCS(=O)(=O)C1. The molecule has 1 atom stereocenters. The number of hydrogen-bond donors (Lipinski definition) is 2. The van der Waals surface area contributed by atoms with E-state index >= 15 is 0 Å². The number of nitrogens with one attached hydrogen (secondary N) is 2. The second-order valence-corrected chi connectivity index (χ2v) is 9.74. The van der Waals surface area contributed by atoms with Gasteiger partial charge in [-0.15, -0.1) is 11.3 Å². The third kappa shape index (κ3) is 5.60. The molecule has 8 heteroatoms. The lowest BCUT2D eigenvalue weighted by atomic mass is 10.3. The van der Waals surface area contributed by atoms with Gasteiger partial charge in [0.1, 0.15) is 0 Å². The zero-order chi connectivity index (χ0) is 15.3. The van der Waals surface area contributed by atoms with Gasteiger partial charge in [0.2, 0.25) is 0 Å². The highest BCUT2D eigenvalue weighted by atomic mass is 79.9. The molecule has 0 amide bonds. The monoisotopic (exact) mass is 393 g/mol. The zero-order valence-electron chi connectivity index (χ0n) is 11.9. The molecule has 1 saturated heterocycles. The van der Waals surface area contributed by atoms with Gasteiger partial charge in [-0.1, -0.05) is 0 Å². The molecule has 0 bridgehead atoms. The summed E-state index contributed by atoms with van der Waals surface area (Å²) in [6.45, 7) is 3.44. The molecule has 2 rings (SSSR count). The minimum Gasteiger partial charge on any atom is -0.357 e. The molecule has 0 aliphatic carbocycles. The van der Waals surface area contributed by atoms with Gasteiger partial charge in [-0.3, -0.25) is 4.99 Å². The number of rotatable bonds is 5. The zero-order valence-corrected chi connectivity index (χ0v) is 15.2. The summed E-state index contributed by atoms with van der Waals surface area (Å²) in [6.07, 6.45) is 1.54. The maximum atomic E-state index is 11.5. The van der Waals surface area contributed by atoms with Crippen LogP contribution in [0.15, 0.2) is 20.9 Å². The average molecular weight is 394 g/mol. The highest BCUT2D eigenvalue weighted by Crippen LogP contribution is 2.22. The first kappa shape index (κ1) is 16.8. The van der Waals surface area contributed by atoms with Gasteiger partial charge in [-0.2, -0.15) is 0 Å². The van der Waals surface area contributed by atoms with Crippen LogP contribution < -0.4 is 10.6 Å². The maximum absolute atomic E-state index is 11.5. The summed E-state index contributed by atoms with van der Waals surface area (Å²) >= 11 is 5.16. The van der Waals surface area contributed by atoms with E-state index in [4.69, 9.17) is 0 Å². The summed E-state index contributed by atoms with van der Waals surface area (Å²) in [5.41, 5.74) is 0. The van der Waals surface area contributed by atoms with Crippen LogP contribution in [0.25, 0.3) is 0 Å². The van der Waals surface area contributed by atoms with Crippen LogP contribution >= 0.6 is 27.3 Å². The van der Waals surface area contributed by atoms with Crippen LogP contribution in [-0.2, 0) is 16.3 Å². The van der Waals surface area contributed by atoms with E-state index in [-0.39, 0.29) is 17.5 Å². The van der Waals surface area contributed by atoms with Crippen LogP contribution in [0, 0.1) is 0 Å². The van der Waals surface area contributed by atoms with Crippen LogP contribution in [-0.4, -0.2) is 45.0 Å². The third-order valence-corrected chi connectivity index (χ3v) is 6.63. The number of halogens is 1. The number of thiophene rings is 1. The lowest BCUT2D eigenvalue weighted by Crippen LogP contribution is -2.44. The third-order valence-electron chi connectivity index (χ3n) is 3.17. The molecule has 1 aromatic heterocycles. The Hall–Kier alpha value is -0.600. The summed E-state index contributed by atoms with van der Waals surface area (Å²) in [5, 5.41) is 6.38. The van der Waals surface area contributed by atoms with Crippen molar-refractivity contribution in [3.8, 4) is 0 Å². The molecule has 1 unspecified atom stereocenters. The summed E-state index contributed by atoms with van der Waals surface area (Å²) < 4.78 is 24.1. The Morgan fingerprint density at radius 1 is 1.52 bits per heavy atom. The van der Waals surface area contributed by atoms with Crippen molar-refractivity contribution in [3.05, 3.63) is 20.8 Å². The fraction of sp³-hybridized carbons (Fsp3) is 0.615. The number of aliphatic imine (C=N–C) groups is 1. The second-order valence-electron chi connectivity index (χ2n) is 4.96. The van der Waals surface area contributed by atoms with E-state index in [1.54, 1.807) is 11.3 Å². The predicted octanol–water partition coefficient (Wildman–Crippen LogP) is 1.80. The van der Waals surface area contributed by atoms with E-state index in [1.807, 2.05) is 13.0 Å². The van der Waals surface area contributed by atoms with Gasteiger partial charge >= 0.3 is 0 Å². The summed E-state index contributed by atoms with van der Waals surface area (Å²) in [6, 6.07) is 4.11. The van der Waals surface area contributed by atoms with E-state index in [2.05, 4.69) is 37.6 Å². The molecule has 0 radical (unpaired) electrons. The standard InChI is InChI=1S/C13H20BrN3O2S2/c1-2-15-13(17-10-6-8-21(18,19)9-10)16-7-5-11-3-4-12(14)20-11/h3-4,10H,2,5-9H2,1H3,(H2,15,16,17). The molecule has 1 fully saturated rings. The van der Waals surface area contributed by atoms with E-state index in [1.165, 1.54) is 4.88 Å². The Morgan fingerprint density at radius 3 is 2.90 bits per heavy atom. The first-order valence-corrected chi connectivity index (χ1v) is 10.4. The van der Waals surface area contributed by atoms with Gasteiger partial charge in [-0.25, -0.2) is 8.42 Å². The van der Waals surface area contributed by atoms with Crippen LogP contribution in [0.1, 0.15) is 18.2 Å². The molecule has 1 aliphatic heterocycles. The molecule has 2 heterocycles. The number of nitrogens with zero attached hydrogens (tertiary/aromatic N) is 1. The van der Waals surface area contributed by atoms with E-state index in [0.717, 1.165) is 16.8 Å². The number of hydrogen-bond acceptors (Lipinski definition) is 4. The fourth-order valence-corrected chi connectivity index (χ4v) is 5.33.